The van der Waals surface area contributed by atoms with Gasteiger partial charge >= 0.3 is 0 Å². The van der Waals surface area contributed by atoms with Crippen LogP contribution in [0.15, 0.2) is 36.5 Å². The second-order valence-electron chi connectivity index (χ2n) is 3.60. The number of nitriles is 1. The van der Waals surface area contributed by atoms with Crippen molar-refractivity contribution in [2.24, 2.45) is 0 Å². The molecule has 3 nitrogen and oxygen atoms in total. The smallest absolute Gasteiger partial charge is 0.141 e. The van der Waals surface area contributed by atoms with E-state index >= 15 is 0 Å². The third-order valence-electron chi connectivity index (χ3n) is 2.42. The topological polar surface area (TPSA) is 62.7 Å². The van der Waals surface area contributed by atoms with Gasteiger partial charge in [0.2, 0.25) is 0 Å². The number of benzene rings is 1. The average Bonchev–Trinajstić information content (AvgIpc) is 2.28. The van der Waals surface area contributed by atoms with Crippen molar-refractivity contribution in [2.45, 2.75) is 6.92 Å². The summed E-state index contributed by atoms with van der Waals surface area (Å²) in [7, 11) is 0. The molecule has 2 aromatic rings. The first-order chi connectivity index (χ1) is 7.72. The molecule has 3 heteroatoms. The predicted octanol–water partition coefficient (Wildman–Crippen LogP) is 2.51. The van der Waals surface area contributed by atoms with E-state index in [2.05, 4.69) is 11.1 Å². The summed E-state index contributed by atoms with van der Waals surface area (Å²) >= 11 is 0. The Kier molecular flexibility index (Phi) is 2.57. The molecule has 0 aliphatic carbocycles. The Morgan fingerprint density at radius 3 is 2.81 bits per heavy atom. The van der Waals surface area contributed by atoms with Gasteiger partial charge in [0, 0.05) is 11.8 Å². The summed E-state index contributed by atoms with van der Waals surface area (Å²) in [5, 5.41) is 9.06. The van der Waals surface area contributed by atoms with E-state index in [4.69, 9.17) is 11.0 Å². The van der Waals surface area contributed by atoms with Gasteiger partial charge in [-0.1, -0.05) is 29.8 Å². The van der Waals surface area contributed by atoms with Crippen molar-refractivity contribution in [3.05, 3.63) is 47.7 Å². The molecule has 0 amide bonds. The number of rotatable bonds is 1. The van der Waals surface area contributed by atoms with E-state index in [1.54, 1.807) is 6.20 Å². The van der Waals surface area contributed by atoms with Crippen LogP contribution in [0.2, 0.25) is 0 Å². The van der Waals surface area contributed by atoms with E-state index < -0.39 is 0 Å². The van der Waals surface area contributed by atoms with Gasteiger partial charge in [0.1, 0.15) is 17.5 Å². The first kappa shape index (κ1) is 10.2. The van der Waals surface area contributed by atoms with Crippen molar-refractivity contribution in [2.75, 3.05) is 5.73 Å². The fourth-order valence-electron chi connectivity index (χ4n) is 1.65. The third kappa shape index (κ3) is 1.73. The molecule has 0 saturated carbocycles. The maximum absolute atomic E-state index is 9.06. The molecule has 0 atom stereocenters. The molecule has 0 aliphatic rings. The molecule has 0 spiro atoms. The number of anilines is 1. The van der Waals surface area contributed by atoms with Crippen molar-refractivity contribution in [3.63, 3.8) is 0 Å². The Labute approximate surface area is 94.2 Å². The number of hydrogen-bond donors (Lipinski definition) is 1. The summed E-state index contributed by atoms with van der Waals surface area (Å²) in [6, 6.07) is 11.9. The van der Waals surface area contributed by atoms with Crippen LogP contribution in [0.25, 0.3) is 11.1 Å². The van der Waals surface area contributed by atoms with Crippen LogP contribution < -0.4 is 5.73 Å². The zero-order valence-electron chi connectivity index (χ0n) is 8.94. The van der Waals surface area contributed by atoms with Crippen molar-refractivity contribution in [1.82, 2.24) is 4.98 Å². The van der Waals surface area contributed by atoms with Crippen LogP contribution >= 0.6 is 0 Å². The molecule has 1 heterocycles. The minimum absolute atomic E-state index is 0.279. The first-order valence-electron chi connectivity index (χ1n) is 4.94. The summed E-state index contributed by atoms with van der Waals surface area (Å²) in [6.07, 6.45) is 1.62. The van der Waals surface area contributed by atoms with Crippen molar-refractivity contribution in [1.29, 1.82) is 5.26 Å². The third-order valence-corrected chi connectivity index (χ3v) is 2.42. The Morgan fingerprint density at radius 2 is 2.12 bits per heavy atom. The summed E-state index contributed by atoms with van der Waals surface area (Å²) in [6.45, 7) is 2.01. The summed E-state index contributed by atoms with van der Waals surface area (Å²) in [5.74, 6) is 0.279. The van der Waals surface area contributed by atoms with Gasteiger partial charge in [-0.2, -0.15) is 5.26 Å². The molecule has 1 aromatic heterocycles. The van der Waals surface area contributed by atoms with Gasteiger partial charge in [-0.25, -0.2) is 4.98 Å². The molecule has 0 bridgehead atoms. The van der Waals surface area contributed by atoms with E-state index in [0.29, 0.717) is 5.56 Å². The monoisotopic (exact) mass is 209 g/mol. The van der Waals surface area contributed by atoms with Crippen LogP contribution in [0.3, 0.4) is 0 Å². The molecule has 0 saturated heterocycles. The van der Waals surface area contributed by atoms with Crippen LogP contribution in [0.5, 0.6) is 0 Å². The molecule has 78 valence electrons. The highest BCUT2D eigenvalue weighted by atomic mass is 14.8. The number of hydrogen-bond acceptors (Lipinski definition) is 3. The quantitative estimate of drug-likeness (QED) is 0.784. The lowest BCUT2D eigenvalue weighted by molar-refractivity contribution is 1.31. The summed E-state index contributed by atoms with van der Waals surface area (Å²) in [5.41, 5.74) is 9.08. The standard InChI is InChI=1S/C13H11N3/c1-9-3-2-4-10(7-9)11-5-6-16-13(15)12(11)8-14/h2-7H,1H3,(H2,15,16). The largest absolute Gasteiger partial charge is 0.383 e. The van der Waals surface area contributed by atoms with Crippen molar-refractivity contribution in [3.8, 4) is 17.2 Å². The molecule has 0 fully saturated rings. The molecule has 16 heavy (non-hydrogen) atoms. The lowest BCUT2D eigenvalue weighted by atomic mass is 10.0. The minimum Gasteiger partial charge on any atom is -0.383 e. The number of aromatic nitrogens is 1. The number of nitrogens with zero attached hydrogens (tertiary/aromatic N) is 2. The highest BCUT2D eigenvalue weighted by Gasteiger charge is 2.08. The van der Waals surface area contributed by atoms with E-state index in [-0.39, 0.29) is 5.82 Å². The number of nitrogen functional groups attached to an aromatic ring is 1. The molecular weight excluding hydrogens is 198 g/mol. The average molecular weight is 209 g/mol. The second-order valence-corrected chi connectivity index (χ2v) is 3.60. The zero-order valence-corrected chi connectivity index (χ0v) is 8.94. The minimum atomic E-state index is 0.279. The second kappa shape index (κ2) is 4.03. The van der Waals surface area contributed by atoms with Crippen LogP contribution in [0, 0.1) is 18.3 Å². The lowest BCUT2D eigenvalue weighted by Crippen LogP contribution is -1.96. The van der Waals surface area contributed by atoms with Gasteiger partial charge in [0.05, 0.1) is 0 Å². The molecule has 0 radical (unpaired) electrons. The van der Waals surface area contributed by atoms with Crippen LogP contribution in [0.1, 0.15) is 11.1 Å². The fourth-order valence-corrected chi connectivity index (χ4v) is 1.65. The van der Waals surface area contributed by atoms with Gasteiger partial charge in [-0.3, -0.25) is 0 Å². The molecule has 2 rings (SSSR count). The van der Waals surface area contributed by atoms with Gasteiger partial charge in [-0.05, 0) is 18.6 Å². The van der Waals surface area contributed by atoms with E-state index in [1.807, 2.05) is 37.3 Å². The van der Waals surface area contributed by atoms with Gasteiger partial charge < -0.3 is 5.73 Å². The SMILES string of the molecule is Cc1cccc(-c2ccnc(N)c2C#N)c1. The van der Waals surface area contributed by atoms with Gasteiger partial charge in [0.25, 0.3) is 0 Å². The predicted molar refractivity (Wildman–Crippen MR) is 63.5 cm³/mol. The van der Waals surface area contributed by atoms with E-state index in [0.717, 1.165) is 16.7 Å². The van der Waals surface area contributed by atoms with Crippen molar-refractivity contribution < 1.29 is 0 Å². The van der Waals surface area contributed by atoms with Crippen LogP contribution in [-0.4, -0.2) is 4.98 Å². The maximum atomic E-state index is 9.06. The number of nitrogens with two attached hydrogens (primary N) is 1. The first-order valence-corrected chi connectivity index (χ1v) is 4.94. The maximum Gasteiger partial charge on any atom is 0.141 e. The number of aryl methyl sites for hydroxylation is 1. The zero-order chi connectivity index (χ0) is 11.5. The summed E-state index contributed by atoms with van der Waals surface area (Å²) < 4.78 is 0. The fraction of sp³-hybridized carbons (Fsp3) is 0.0769. The van der Waals surface area contributed by atoms with E-state index in [9.17, 15) is 0 Å². The molecule has 0 aliphatic heterocycles. The van der Waals surface area contributed by atoms with Gasteiger partial charge in [-0.15, -0.1) is 0 Å². The molecule has 1 aromatic carbocycles. The normalized spacial score (nSPS) is 9.75. The highest BCUT2D eigenvalue weighted by Crippen LogP contribution is 2.26. The van der Waals surface area contributed by atoms with E-state index in [1.165, 1.54) is 0 Å². The Morgan fingerprint density at radius 1 is 1.31 bits per heavy atom. The van der Waals surface area contributed by atoms with Gasteiger partial charge in [0.15, 0.2) is 0 Å². The van der Waals surface area contributed by atoms with Crippen molar-refractivity contribution >= 4 is 5.82 Å². The molecular formula is C13H11N3. The number of pyridine rings is 1. The van der Waals surface area contributed by atoms with Crippen LogP contribution in [0.4, 0.5) is 5.82 Å². The summed E-state index contributed by atoms with van der Waals surface area (Å²) in [4.78, 5) is 3.91. The molecule has 2 N–H and O–H groups in total. The Balaban J connectivity index is 2.66. The Bertz CT molecular complexity index is 568. The highest BCUT2D eigenvalue weighted by molar-refractivity contribution is 5.75. The Hall–Kier alpha value is -2.34. The molecule has 0 unspecified atom stereocenters. The lowest BCUT2D eigenvalue weighted by Gasteiger charge is -2.06. The van der Waals surface area contributed by atoms with Crippen LogP contribution in [-0.2, 0) is 0 Å².